The van der Waals surface area contributed by atoms with Crippen molar-refractivity contribution < 1.29 is 9.47 Å². The second-order valence-electron chi connectivity index (χ2n) is 5.25. The van der Waals surface area contributed by atoms with E-state index < -0.39 is 0 Å². The fourth-order valence-corrected chi connectivity index (χ4v) is 2.62. The van der Waals surface area contributed by atoms with Crippen LogP contribution in [0.25, 0.3) is 5.57 Å². The summed E-state index contributed by atoms with van der Waals surface area (Å²) >= 11 is 0. The van der Waals surface area contributed by atoms with E-state index in [2.05, 4.69) is 61.5 Å². The van der Waals surface area contributed by atoms with Gasteiger partial charge in [0.05, 0.1) is 25.9 Å². The third-order valence-electron chi connectivity index (χ3n) is 3.71. The molecule has 108 valence electrons. The highest BCUT2D eigenvalue weighted by Gasteiger charge is 2.15. The quantitative estimate of drug-likeness (QED) is 0.850. The molecule has 2 nitrogen and oxygen atoms in total. The third-order valence-corrected chi connectivity index (χ3v) is 3.71. The summed E-state index contributed by atoms with van der Waals surface area (Å²) in [7, 11) is 0. The van der Waals surface area contributed by atoms with Crippen molar-refractivity contribution in [3.8, 4) is 0 Å². The summed E-state index contributed by atoms with van der Waals surface area (Å²) in [5.41, 5.74) is 4.94. The summed E-state index contributed by atoms with van der Waals surface area (Å²) in [5.74, 6) is 0. The molecule has 0 N–H and O–H groups in total. The standard InChI is InChI=1S/C19H20O2/c1-15-7-5-6-10-18(15)19(16-8-3-2-4-9-16)13-17-14-20-11-12-21-17/h2-10,13,17H,11-12,14H2,1H3/b19-13-. The van der Waals surface area contributed by atoms with Gasteiger partial charge in [-0.25, -0.2) is 0 Å². The van der Waals surface area contributed by atoms with E-state index >= 15 is 0 Å². The highest BCUT2D eigenvalue weighted by Crippen LogP contribution is 2.27. The minimum atomic E-state index is 0.0218. The second-order valence-corrected chi connectivity index (χ2v) is 5.25. The maximum Gasteiger partial charge on any atom is 0.0999 e. The molecule has 0 bridgehead atoms. The van der Waals surface area contributed by atoms with E-state index in [1.54, 1.807) is 0 Å². The minimum absolute atomic E-state index is 0.0218. The van der Waals surface area contributed by atoms with Crippen LogP contribution in [0.1, 0.15) is 16.7 Å². The molecule has 0 aromatic heterocycles. The van der Waals surface area contributed by atoms with Crippen molar-refractivity contribution >= 4 is 5.57 Å². The molecule has 0 saturated carbocycles. The monoisotopic (exact) mass is 280 g/mol. The molecule has 1 saturated heterocycles. The highest BCUT2D eigenvalue weighted by atomic mass is 16.6. The van der Waals surface area contributed by atoms with Crippen LogP contribution in [0.15, 0.2) is 60.7 Å². The van der Waals surface area contributed by atoms with E-state index in [1.165, 1.54) is 22.3 Å². The van der Waals surface area contributed by atoms with E-state index in [9.17, 15) is 0 Å². The van der Waals surface area contributed by atoms with Crippen molar-refractivity contribution in [3.05, 3.63) is 77.4 Å². The SMILES string of the molecule is Cc1ccccc1/C(=C\C1COCCO1)c1ccccc1. The Morgan fingerprint density at radius 2 is 1.76 bits per heavy atom. The molecule has 0 aliphatic carbocycles. The molecular weight excluding hydrogens is 260 g/mol. The fraction of sp³-hybridized carbons (Fsp3) is 0.263. The first kappa shape index (κ1) is 14.1. The maximum atomic E-state index is 5.79. The molecule has 2 aromatic rings. The van der Waals surface area contributed by atoms with Gasteiger partial charge in [-0.15, -0.1) is 0 Å². The van der Waals surface area contributed by atoms with Crippen LogP contribution in [-0.4, -0.2) is 25.9 Å². The number of aryl methyl sites for hydroxylation is 1. The van der Waals surface area contributed by atoms with Crippen LogP contribution in [0, 0.1) is 6.92 Å². The minimum Gasteiger partial charge on any atom is -0.376 e. The van der Waals surface area contributed by atoms with E-state index in [-0.39, 0.29) is 6.10 Å². The normalized spacial score (nSPS) is 19.5. The van der Waals surface area contributed by atoms with Gasteiger partial charge in [-0.1, -0.05) is 54.6 Å². The third kappa shape index (κ3) is 3.41. The van der Waals surface area contributed by atoms with E-state index in [1.807, 2.05) is 6.07 Å². The average Bonchev–Trinajstić information content (AvgIpc) is 2.55. The first-order chi connectivity index (χ1) is 10.3. The largest absolute Gasteiger partial charge is 0.376 e. The molecule has 21 heavy (non-hydrogen) atoms. The zero-order chi connectivity index (χ0) is 14.5. The molecule has 1 aliphatic heterocycles. The molecule has 1 heterocycles. The van der Waals surface area contributed by atoms with Gasteiger partial charge in [-0.3, -0.25) is 0 Å². The lowest BCUT2D eigenvalue weighted by Crippen LogP contribution is -2.27. The van der Waals surface area contributed by atoms with Gasteiger partial charge in [-0.05, 0) is 35.3 Å². The van der Waals surface area contributed by atoms with Gasteiger partial charge >= 0.3 is 0 Å². The van der Waals surface area contributed by atoms with Gasteiger partial charge in [0.2, 0.25) is 0 Å². The van der Waals surface area contributed by atoms with Crippen LogP contribution < -0.4 is 0 Å². The Hall–Kier alpha value is -1.90. The number of benzene rings is 2. The molecule has 1 atom stereocenters. The number of hydrogen-bond acceptors (Lipinski definition) is 2. The first-order valence-electron chi connectivity index (χ1n) is 7.37. The van der Waals surface area contributed by atoms with Crippen LogP contribution in [-0.2, 0) is 9.47 Å². The Morgan fingerprint density at radius 1 is 1.00 bits per heavy atom. The smallest absolute Gasteiger partial charge is 0.0999 e. The predicted octanol–water partition coefficient (Wildman–Crippen LogP) is 3.84. The topological polar surface area (TPSA) is 18.5 Å². The van der Waals surface area contributed by atoms with Crippen LogP contribution in [0.3, 0.4) is 0 Å². The van der Waals surface area contributed by atoms with Crippen molar-refractivity contribution in [2.75, 3.05) is 19.8 Å². The molecule has 3 rings (SSSR count). The molecule has 1 fully saturated rings. The maximum absolute atomic E-state index is 5.79. The van der Waals surface area contributed by atoms with Crippen LogP contribution in [0.4, 0.5) is 0 Å². The van der Waals surface area contributed by atoms with Gasteiger partial charge in [0.1, 0.15) is 0 Å². The van der Waals surface area contributed by atoms with Crippen molar-refractivity contribution in [1.82, 2.24) is 0 Å². The van der Waals surface area contributed by atoms with Crippen LogP contribution in [0.2, 0.25) is 0 Å². The van der Waals surface area contributed by atoms with Gasteiger partial charge in [-0.2, -0.15) is 0 Å². The van der Waals surface area contributed by atoms with Gasteiger partial charge in [0.25, 0.3) is 0 Å². The van der Waals surface area contributed by atoms with E-state index in [4.69, 9.17) is 9.47 Å². The lowest BCUT2D eigenvalue weighted by atomic mass is 9.93. The van der Waals surface area contributed by atoms with Gasteiger partial charge < -0.3 is 9.47 Å². The molecule has 1 aliphatic rings. The molecule has 1 unspecified atom stereocenters. The Morgan fingerprint density at radius 3 is 2.48 bits per heavy atom. The number of ether oxygens (including phenoxy) is 2. The second kappa shape index (κ2) is 6.70. The lowest BCUT2D eigenvalue weighted by Gasteiger charge is -2.22. The molecule has 2 aromatic carbocycles. The Kier molecular flexibility index (Phi) is 4.49. The van der Waals surface area contributed by atoms with Crippen molar-refractivity contribution in [2.45, 2.75) is 13.0 Å². The Labute approximate surface area is 126 Å². The van der Waals surface area contributed by atoms with Gasteiger partial charge in [0.15, 0.2) is 0 Å². The molecule has 2 heteroatoms. The van der Waals surface area contributed by atoms with Crippen LogP contribution in [0.5, 0.6) is 0 Å². The summed E-state index contributed by atoms with van der Waals surface area (Å²) in [6, 6.07) is 18.9. The molecule has 0 radical (unpaired) electrons. The zero-order valence-electron chi connectivity index (χ0n) is 12.3. The molecule has 0 amide bonds. The highest BCUT2D eigenvalue weighted by molar-refractivity contribution is 5.81. The van der Waals surface area contributed by atoms with Crippen molar-refractivity contribution in [2.24, 2.45) is 0 Å². The Bertz CT molecular complexity index is 610. The lowest BCUT2D eigenvalue weighted by molar-refractivity contribution is -0.0673. The molecular formula is C19H20O2. The first-order valence-corrected chi connectivity index (χ1v) is 7.37. The zero-order valence-corrected chi connectivity index (χ0v) is 12.3. The van der Waals surface area contributed by atoms with Crippen molar-refractivity contribution in [3.63, 3.8) is 0 Å². The van der Waals surface area contributed by atoms with E-state index in [0.717, 1.165) is 0 Å². The summed E-state index contributed by atoms with van der Waals surface area (Å²) < 4.78 is 11.3. The summed E-state index contributed by atoms with van der Waals surface area (Å²) in [4.78, 5) is 0. The van der Waals surface area contributed by atoms with Crippen molar-refractivity contribution in [1.29, 1.82) is 0 Å². The van der Waals surface area contributed by atoms with Gasteiger partial charge in [0, 0.05) is 0 Å². The van der Waals surface area contributed by atoms with E-state index in [0.29, 0.717) is 19.8 Å². The predicted molar refractivity (Wildman–Crippen MR) is 85.3 cm³/mol. The number of hydrogen-bond donors (Lipinski definition) is 0. The Balaban J connectivity index is 2.03. The van der Waals surface area contributed by atoms with Crippen LogP contribution >= 0.6 is 0 Å². The molecule has 0 spiro atoms. The summed E-state index contributed by atoms with van der Waals surface area (Å²) in [6.45, 7) is 4.12. The fourth-order valence-electron chi connectivity index (χ4n) is 2.62. The number of rotatable bonds is 3. The average molecular weight is 280 g/mol. The summed E-state index contributed by atoms with van der Waals surface area (Å²) in [5, 5.41) is 0. The summed E-state index contributed by atoms with van der Waals surface area (Å²) in [6.07, 6.45) is 2.21.